The van der Waals surface area contributed by atoms with Crippen LogP contribution in [0, 0.1) is 17.3 Å². The van der Waals surface area contributed by atoms with Gasteiger partial charge in [0.2, 0.25) is 0 Å². The summed E-state index contributed by atoms with van der Waals surface area (Å²) >= 11 is 0. The molecule has 0 aliphatic heterocycles. The molecule has 1 nitrogen and oxygen atoms in total. The molecule has 13 heavy (non-hydrogen) atoms. The molecular formula is C12H20O. The van der Waals surface area contributed by atoms with Crippen LogP contribution in [0.15, 0.2) is 12.7 Å². The van der Waals surface area contributed by atoms with Crippen LogP contribution in [-0.4, -0.2) is 5.78 Å². The summed E-state index contributed by atoms with van der Waals surface area (Å²) in [5.74, 6) is 1.23. The Morgan fingerprint density at radius 2 is 2.23 bits per heavy atom. The molecule has 0 aromatic heterocycles. The molecule has 1 aliphatic rings. The van der Waals surface area contributed by atoms with Crippen LogP contribution < -0.4 is 0 Å². The Morgan fingerprint density at radius 1 is 1.62 bits per heavy atom. The standard InChI is InChI=1S/C12H20O/c1-5-7-12(4)8-6-9(2)10(3)11(12)13/h5,9-10H,1,6-8H2,2-4H3/t9-,10-,12+/m0/s1. The zero-order valence-electron chi connectivity index (χ0n) is 8.97. The molecular weight excluding hydrogens is 160 g/mol. The smallest absolute Gasteiger partial charge is 0.142 e. The molecule has 0 amide bonds. The lowest BCUT2D eigenvalue weighted by atomic mass is 9.65. The summed E-state index contributed by atoms with van der Waals surface area (Å²) in [6.07, 6.45) is 4.92. The third-order valence-corrected chi connectivity index (χ3v) is 3.61. The Bertz CT molecular complexity index is 219. The lowest BCUT2D eigenvalue weighted by Crippen LogP contribution is -2.39. The molecule has 0 N–H and O–H groups in total. The van der Waals surface area contributed by atoms with Crippen LogP contribution >= 0.6 is 0 Å². The number of carbonyl (C=O) groups excluding carboxylic acids is 1. The number of hydrogen-bond acceptors (Lipinski definition) is 1. The Kier molecular flexibility index (Phi) is 2.94. The Balaban J connectivity index is 2.79. The van der Waals surface area contributed by atoms with Gasteiger partial charge in [0.25, 0.3) is 0 Å². The van der Waals surface area contributed by atoms with E-state index >= 15 is 0 Å². The van der Waals surface area contributed by atoms with E-state index in [0.29, 0.717) is 11.7 Å². The lowest BCUT2D eigenvalue weighted by Gasteiger charge is -2.38. The van der Waals surface area contributed by atoms with Gasteiger partial charge in [-0.25, -0.2) is 0 Å². The molecule has 1 heteroatoms. The number of allylic oxidation sites excluding steroid dienone is 1. The summed E-state index contributed by atoms with van der Waals surface area (Å²) in [5, 5.41) is 0. The minimum Gasteiger partial charge on any atom is -0.299 e. The average molecular weight is 180 g/mol. The predicted molar refractivity (Wildman–Crippen MR) is 55.5 cm³/mol. The van der Waals surface area contributed by atoms with E-state index in [-0.39, 0.29) is 11.3 Å². The van der Waals surface area contributed by atoms with E-state index < -0.39 is 0 Å². The summed E-state index contributed by atoms with van der Waals surface area (Å²) in [4.78, 5) is 12.0. The van der Waals surface area contributed by atoms with Gasteiger partial charge in [-0.15, -0.1) is 6.58 Å². The molecule has 0 spiro atoms. The fraction of sp³-hybridized carbons (Fsp3) is 0.750. The highest BCUT2D eigenvalue weighted by Crippen LogP contribution is 2.41. The second-order valence-corrected chi connectivity index (χ2v) is 4.72. The van der Waals surface area contributed by atoms with E-state index in [1.807, 2.05) is 6.08 Å². The Hall–Kier alpha value is -0.590. The number of Topliss-reactive ketones (excluding diaryl/α,β-unsaturated/α-hetero) is 1. The van der Waals surface area contributed by atoms with Crippen LogP contribution in [0.4, 0.5) is 0 Å². The molecule has 0 aromatic rings. The molecule has 1 rings (SSSR count). The van der Waals surface area contributed by atoms with E-state index in [4.69, 9.17) is 0 Å². The van der Waals surface area contributed by atoms with Crippen molar-refractivity contribution in [3.05, 3.63) is 12.7 Å². The average Bonchev–Trinajstić information content (AvgIpc) is 2.10. The topological polar surface area (TPSA) is 17.1 Å². The second-order valence-electron chi connectivity index (χ2n) is 4.72. The van der Waals surface area contributed by atoms with Crippen LogP contribution in [0.5, 0.6) is 0 Å². The van der Waals surface area contributed by atoms with Crippen LogP contribution in [0.25, 0.3) is 0 Å². The molecule has 1 aliphatic carbocycles. The first-order chi connectivity index (χ1) is 6.01. The van der Waals surface area contributed by atoms with Gasteiger partial charge in [0, 0.05) is 11.3 Å². The van der Waals surface area contributed by atoms with Crippen LogP contribution in [-0.2, 0) is 4.79 Å². The third kappa shape index (κ3) is 1.84. The molecule has 3 atom stereocenters. The van der Waals surface area contributed by atoms with Crippen molar-refractivity contribution in [1.29, 1.82) is 0 Å². The van der Waals surface area contributed by atoms with Crippen molar-refractivity contribution in [2.45, 2.75) is 40.0 Å². The van der Waals surface area contributed by atoms with Crippen molar-refractivity contribution in [3.63, 3.8) is 0 Å². The summed E-state index contributed by atoms with van der Waals surface area (Å²) in [6, 6.07) is 0. The molecule has 74 valence electrons. The van der Waals surface area contributed by atoms with Gasteiger partial charge in [0.15, 0.2) is 0 Å². The second kappa shape index (κ2) is 3.65. The van der Waals surface area contributed by atoms with Gasteiger partial charge in [0.05, 0.1) is 0 Å². The molecule has 1 fully saturated rings. The van der Waals surface area contributed by atoms with Crippen LogP contribution in [0.3, 0.4) is 0 Å². The zero-order chi connectivity index (χ0) is 10.1. The van der Waals surface area contributed by atoms with E-state index in [2.05, 4.69) is 27.4 Å². The summed E-state index contributed by atoms with van der Waals surface area (Å²) < 4.78 is 0. The highest BCUT2D eigenvalue weighted by molar-refractivity contribution is 5.87. The predicted octanol–water partition coefficient (Wildman–Crippen LogP) is 3.20. The fourth-order valence-corrected chi connectivity index (χ4v) is 2.25. The van der Waals surface area contributed by atoms with E-state index in [1.54, 1.807) is 0 Å². The van der Waals surface area contributed by atoms with Gasteiger partial charge in [-0.1, -0.05) is 26.8 Å². The summed E-state index contributed by atoms with van der Waals surface area (Å²) in [5.41, 5.74) is -0.117. The van der Waals surface area contributed by atoms with Gasteiger partial charge in [-0.3, -0.25) is 4.79 Å². The fourth-order valence-electron chi connectivity index (χ4n) is 2.25. The van der Waals surface area contributed by atoms with E-state index in [0.717, 1.165) is 12.8 Å². The summed E-state index contributed by atoms with van der Waals surface area (Å²) in [7, 11) is 0. The number of ketones is 1. The van der Waals surface area contributed by atoms with Crippen molar-refractivity contribution >= 4 is 5.78 Å². The molecule has 0 saturated heterocycles. The van der Waals surface area contributed by atoms with Crippen molar-refractivity contribution in [2.24, 2.45) is 17.3 Å². The van der Waals surface area contributed by atoms with Crippen LogP contribution in [0.1, 0.15) is 40.0 Å². The lowest BCUT2D eigenvalue weighted by molar-refractivity contribution is -0.136. The maximum absolute atomic E-state index is 12.0. The Morgan fingerprint density at radius 3 is 2.77 bits per heavy atom. The largest absolute Gasteiger partial charge is 0.299 e. The summed E-state index contributed by atoms with van der Waals surface area (Å²) in [6.45, 7) is 10.0. The molecule has 1 saturated carbocycles. The molecule has 0 bridgehead atoms. The van der Waals surface area contributed by atoms with E-state index in [1.165, 1.54) is 6.42 Å². The maximum atomic E-state index is 12.0. The normalized spacial score (nSPS) is 40.4. The van der Waals surface area contributed by atoms with Crippen LogP contribution in [0.2, 0.25) is 0 Å². The number of hydrogen-bond donors (Lipinski definition) is 0. The quantitative estimate of drug-likeness (QED) is 0.596. The van der Waals surface area contributed by atoms with Gasteiger partial charge in [0.1, 0.15) is 5.78 Å². The monoisotopic (exact) mass is 180 g/mol. The van der Waals surface area contributed by atoms with Crippen molar-refractivity contribution in [3.8, 4) is 0 Å². The first-order valence-corrected chi connectivity index (χ1v) is 5.16. The minimum atomic E-state index is -0.117. The van der Waals surface area contributed by atoms with E-state index in [9.17, 15) is 4.79 Å². The van der Waals surface area contributed by atoms with Gasteiger partial charge in [-0.2, -0.15) is 0 Å². The molecule has 0 radical (unpaired) electrons. The maximum Gasteiger partial charge on any atom is 0.142 e. The number of carbonyl (C=O) groups is 1. The highest BCUT2D eigenvalue weighted by Gasteiger charge is 2.40. The first-order valence-electron chi connectivity index (χ1n) is 5.16. The molecule has 0 heterocycles. The minimum absolute atomic E-state index is 0.117. The van der Waals surface area contributed by atoms with Crippen molar-refractivity contribution < 1.29 is 4.79 Å². The molecule has 0 unspecified atom stereocenters. The Labute approximate surface area is 81.2 Å². The van der Waals surface area contributed by atoms with Gasteiger partial charge in [-0.05, 0) is 25.2 Å². The molecule has 0 aromatic carbocycles. The highest BCUT2D eigenvalue weighted by atomic mass is 16.1. The van der Waals surface area contributed by atoms with Gasteiger partial charge < -0.3 is 0 Å². The SMILES string of the molecule is C=CC[C@]1(C)CC[C@H](C)[C@H](C)C1=O. The number of rotatable bonds is 2. The van der Waals surface area contributed by atoms with Gasteiger partial charge >= 0.3 is 0 Å². The first kappa shape index (κ1) is 10.5. The third-order valence-electron chi connectivity index (χ3n) is 3.61. The zero-order valence-corrected chi connectivity index (χ0v) is 8.97. The van der Waals surface area contributed by atoms with Crippen molar-refractivity contribution in [2.75, 3.05) is 0 Å². The van der Waals surface area contributed by atoms with Crippen molar-refractivity contribution in [1.82, 2.24) is 0 Å².